The summed E-state index contributed by atoms with van der Waals surface area (Å²) in [6.45, 7) is -3.14. The molecule has 0 bridgehead atoms. The molecule has 0 spiro atoms. The molecule has 8 nitrogen and oxygen atoms in total. The second kappa shape index (κ2) is 12.3. The van der Waals surface area contributed by atoms with Crippen LogP contribution in [0.1, 0.15) is 0 Å². The lowest BCUT2D eigenvalue weighted by atomic mass is 10.3. The number of aliphatic hydroxyl groups is 1. The minimum absolute atomic E-state index is 0.0575. The van der Waals surface area contributed by atoms with Gasteiger partial charge in [0.1, 0.15) is 18.2 Å². The van der Waals surface area contributed by atoms with Gasteiger partial charge in [0.25, 0.3) is 11.4 Å². The highest BCUT2D eigenvalue weighted by Crippen LogP contribution is 2.21. The van der Waals surface area contributed by atoms with Gasteiger partial charge in [-0.05, 0) is 24.3 Å². The predicted octanol–water partition coefficient (Wildman–Crippen LogP) is 4.81. The first kappa shape index (κ1) is 27.5. The number of nitro benzene ring substituents is 2. The van der Waals surface area contributed by atoms with Gasteiger partial charge in [0.05, 0.1) is 9.85 Å². The summed E-state index contributed by atoms with van der Waals surface area (Å²) in [4.78, 5) is 19.0. The van der Waals surface area contributed by atoms with E-state index < -0.39 is 41.2 Å². The van der Waals surface area contributed by atoms with Crippen LogP contribution in [0.3, 0.4) is 0 Å². The minimum Gasteiger partial charge on any atom is -0.484 e. The monoisotopic (exact) mass is 462 g/mol. The molecular weight excluding hydrogens is 449 g/mol. The Kier molecular flexibility index (Phi) is 10.9. The molecule has 0 unspecified atom stereocenters. The van der Waals surface area contributed by atoms with Crippen molar-refractivity contribution in [2.45, 2.75) is 12.4 Å². The van der Waals surface area contributed by atoms with Crippen molar-refractivity contribution in [3.63, 3.8) is 0 Å². The van der Waals surface area contributed by atoms with Crippen LogP contribution in [0.4, 0.5) is 42.1 Å². The van der Waals surface area contributed by atoms with Gasteiger partial charge in [-0.1, -0.05) is 0 Å². The van der Waals surface area contributed by atoms with Gasteiger partial charge in [-0.15, -0.1) is 0 Å². The quantitative estimate of drug-likeness (QED) is 0.396. The minimum atomic E-state index is -4.41. The number of benzene rings is 2. The van der Waals surface area contributed by atoms with Crippen molar-refractivity contribution >= 4 is 11.4 Å². The SMILES string of the molecule is O=[N+]([O-])c1ccc(F)cc1.O=[N+]([O-])c1ccc(OCC(F)(F)F)cc1.OCC(F)(F)F. The number of halogens is 7. The summed E-state index contributed by atoms with van der Waals surface area (Å²) in [5, 5.41) is 27.5. The zero-order valence-electron chi connectivity index (χ0n) is 15.1. The molecule has 0 amide bonds. The summed E-state index contributed by atoms with van der Waals surface area (Å²) in [7, 11) is 0. The number of rotatable bonds is 4. The summed E-state index contributed by atoms with van der Waals surface area (Å²) in [5.74, 6) is -0.525. The zero-order chi connectivity index (χ0) is 24.2. The largest absolute Gasteiger partial charge is 0.484 e. The van der Waals surface area contributed by atoms with E-state index in [1.165, 1.54) is 0 Å². The van der Waals surface area contributed by atoms with Gasteiger partial charge >= 0.3 is 12.4 Å². The lowest BCUT2D eigenvalue weighted by Crippen LogP contribution is -2.19. The Labute approximate surface area is 168 Å². The van der Waals surface area contributed by atoms with Crippen LogP contribution in [-0.4, -0.2) is 40.5 Å². The molecule has 0 aliphatic carbocycles. The summed E-state index contributed by atoms with van der Waals surface area (Å²) in [5.41, 5.74) is -0.296. The maximum Gasteiger partial charge on any atom is 0.422 e. The average Bonchev–Trinajstić information content (AvgIpc) is 2.67. The van der Waals surface area contributed by atoms with Crippen molar-refractivity contribution in [1.82, 2.24) is 0 Å². The van der Waals surface area contributed by atoms with E-state index >= 15 is 0 Å². The second-order valence-electron chi connectivity index (χ2n) is 5.16. The third kappa shape index (κ3) is 14.2. The van der Waals surface area contributed by atoms with Crippen molar-refractivity contribution in [3.05, 3.63) is 74.6 Å². The topological polar surface area (TPSA) is 116 Å². The molecule has 2 rings (SSSR count). The van der Waals surface area contributed by atoms with E-state index in [0.717, 1.165) is 48.5 Å². The number of ether oxygens (including phenoxy) is 1. The van der Waals surface area contributed by atoms with Gasteiger partial charge < -0.3 is 9.84 Å². The summed E-state index contributed by atoms with van der Waals surface area (Å²) in [6, 6.07) is 8.73. The highest BCUT2D eigenvalue weighted by Gasteiger charge is 2.28. The van der Waals surface area contributed by atoms with E-state index in [1.807, 2.05) is 0 Å². The first-order valence-corrected chi connectivity index (χ1v) is 7.66. The van der Waals surface area contributed by atoms with Gasteiger partial charge in [0.2, 0.25) is 0 Å². The molecule has 1 N–H and O–H groups in total. The zero-order valence-corrected chi connectivity index (χ0v) is 15.1. The van der Waals surface area contributed by atoms with Gasteiger partial charge in [0.15, 0.2) is 6.61 Å². The van der Waals surface area contributed by atoms with Crippen molar-refractivity contribution < 1.29 is 50.4 Å². The molecule has 2 aromatic carbocycles. The highest BCUT2D eigenvalue weighted by molar-refractivity contribution is 5.36. The van der Waals surface area contributed by atoms with E-state index in [-0.39, 0.29) is 17.1 Å². The van der Waals surface area contributed by atoms with Gasteiger partial charge in [-0.25, -0.2) is 4.39 Å². The second-order valence-corrected chi connectivity index (χ2v) is 5.16. The molecule has 0 aliphatic heterocycles. The normalized spacial score (nSPS) is 10.7. The van der Waals surface area contributed by atoms with Crippen LogP contribution in [0.25, 0.3) is 0 Å². The molecule has 2 aromatic rings. The van der Waals surface area contributed by atoms with Crippen LogP contribution >= 0.6 is 0 Å². The molecule has 15 heteroatoms. The van der Waals surface area contributed by atoms with Crippen LogP contribution < -0.4 is 4.74 Å². The van der Waals surface area contributed by atoms with Crippen molar-refractivity contribution in [3.8, 4) is 5.75 Å². The average molecular weight is 462 g/mol. The number of non-ortho nitro benzene ring substituents is 2. The van der Waals surface area contributed by atoms with Crippen LogP contribution in [0, 0.1) is 26.0 Å². The summed E-state index contributed by atoms with van der Waals surface area (Å²) < 4.78 is 83.2. The third-order valence-corrected chi connectivity index (χ3v) is 2.67. The number of nitro groups is 2. The molecule has 0 saturated heterocycles. The van der Waals surface area contributed by atoms with Crippen LogP contribution in [-0.2, 0) is 0 Å². The smallest absolute Gasteiger partial charge is 0.422 e. The highest BCUT2D eigenvalue weighted by atomic mass is 19.4. The van der Waals surface area contributed by atoms with Crippen molar-refractivity contribution in [2.75, 3.05) is 13.2 Å². The van der Waals surface area contributed by atoms with E-state index in [2.05, 4.69) is 4.74 Å². The standard InChI is InChI=1S/C8H6F3NO3.C6H4FNO2.C2H3F3O/c9-8(10,11)5-15-7-3-1-6(2-4-7)12(13)14;7-5-1-3-6(4-2-5)8(9)10;3-2(4,5)1-6/h1-4H,5H2;1-4H;6H,1H2. The lowest BCUT2D eigenvalue weighted by molar-refractivity contribution is -0.385. The first-order chi connectivity index (χ1) is 14.1. The molecule has 0 fully saturated rings. The fraction of sp³-hybridized carbons (Fsp3) is 0.250. The molecule has 0 heterocycles. The first-order valence-electron chi connectivity index (χ1n) is 7.66. The Hall–Kier alpha value is -3.49. The van der Waals surface area contributed by atoms with Crippen molar-refractivity contribution in [1.29, 1.82) is 0 Å². The van der Waals surface area contributed by atoms with Gasteiger partial charge in [-0.2, -0.15) is 26.3 Å². The Bertz CT molecular complexity index is 824. The van der Waals surface area contributed by atoms with Crippen LogP contribution in [0.15, 0.2) is 48.5 Å². The fourth-order valence-corrected chi connectivity index (χ4v) is 1.39. The molecule has 0 atom stereocenters. The summed E-state index contributed by atoms with van der Waals surface area (Å²) >= 11 is 0. The molecule has 172 valence electrons. The number of aliphatic hydroxyl groups excluding tert-OH is 1. The number of hydrogen-bond donors (Lipinski definition) is 1. The van der Waals surface area contributed by atoms with Gasteiger partial charge in [0, 0.05) is 24.3 Å². The number of nitrogens with zero attached hydrogens (tertiary/aromatic N) is 2. The molecule has 0 aliphatic rings. The Morgan fingerprint density at radius 2 is 1.13 bits per heavy atom. The Morgan fingerprint density at radius 1 is 0.774 bits per heavy atom. The number of alkyl halides is 6. The maximum absolute atomic E-state index is 12.1. The number of hydrogen-bond acceptors (Lipinski definition) is 6. The van der Waals surface area contributed by atoms with E-state index in [9.17, 15) is 51.0 Å². The van der Waals surface area contributed by atoms with E-state index in [4.69, 9.17) is 5.11 Å². The fourth-order valence-electron chi connectivity index (χ4n) is 1.39. The maximum atomic E-state index is 12.1. The molecule has 0 aromatic heterocycles. The molecule has 0 radical (unpaired) electrons. The van der Waals surface area contributed by atoms with Gasteiger partial charge in [-0.3, -0.25) is 20.2 Å². The summed E-state index contributed by atoms with van der Waals surface area (Å²) in [6.07, 6.45) is -8.82. The molecular formula is C16H13F7N2O6. The van der Waals surface area contributed by atoms with E-state index in [0.29, 0.717) is 0 Å². The van der Waals surface area contributed by atoms with Crippen molar-refractivity contribution in [2.24, 2.45) is 0 Å². The Balaban J connectivity index is 0.000000484. The predicted molar refractivity (Wildman–Crippen MR) is 90.8 cm³/mol. The van der Waals surface area contributed by atoms with Crippen LogP contribution in [0.2, 0.25) is 0 Å². The molecule has 0 saturated carbocycles. The lowest BCUT2D eigenvalue weighted by Gasteiger charge is -2.08. The Morgan fingerprint density at radius 3 is 1.42 bits per heavy atom. The van der Waals surface area contributed by atoms with E-state index in [1.54, 1.807) is 0 Å². The third-order valence-electron chi connectivity index (χ3n) is 2.67. The van der Waals surface area contributed by atoms with Crippen LogP contribution in [0.5, 0.6) is 5.75 Å². The molecule has 31 heavy (non-hydrogen) atoms.